The number of para-hydroxylation sites is 1. The van der Waals surface area contributed by atoms with E-state index in [1.165, 1.54) is 12.1 Å². The van der Waals surface area contributed by atoms with Gasteiger partial charge in [0, 0.05) is 44.5 Å². The van der Waals surface area contributed by atoms with E-state index in [9.17, 15) is 10.1 Å². The van der Waals surface area contributed by atoms with Crippen LogP contribution in [0.15, 0.2) is 53.5 Å². The molecule has 152 valence electrons. The zero-order valence-corrected chi connectivity index (χ0v) is 18.3. The molecule has 2 aromatic rings. The van der Waals surface area contributed by atoms with E-state index >= 15 is 0 Å². The zero-order chi connectivity index (χ0) is 19.5. The molecule has 0 unspecified atom stereocenters. The number of nitrogens with one attached hydrogen (secondary N) is 3. The third kappa shape index (κ3) is 7.59. The summed E-state index contributed by atoms with van der Waals surface area (Å²) in [5.74, 6) is 1.60. The molecule has 0 bridgehead atoms. The number of nitro groups is 1. The van der Waals surface area contributed by atoms with Crippen LogP contribution in [0.25, 0.3) is 0 Å². The zero-order valence-electron chi connectivity index (χ0n) is 16.0. The largest absolute Gasteiger partial charge is 0.496 e. The van der Waals surface area contributed by atoms with Gasteiger partial charge >= 0.3 is 0 Å². The van der Waals surface area contributed by atoms with Gasteiger partial charge in [-0.05, 0) is 30.2 Å². The number of nitro benzene ring substituents is 1. The summed E-state index contributed by atoms with van der Waals surface area (Å²) >= 11 is 0. The number of halogens is 1. The Kier molecular flexibility index (Phi) is 10.7. The lowest BCUT2D eigenvalue weighted by atomic mass is 10.1. The number of rotatable bonds is 9. The lowest BCUT2D eigenvalue weighted by Gasteiger charge is -2.13. The normalized spacial score (nSPS) is 10.6. The van der Waals surface area contributed by atoms with Gasteiger partial charge in [-0.15, -0.1) is 24.0 Å². The summed E-state index contributed by atoms with van der Waals surface area (Å²) in [7, 11) is 3.40. The fraction of sp³-hybridized carbons (Fsp3) is 0.316. The molecule has 2 rings (SSSR count). The Labute approximate surface area is 181 Å². The molecule has 0 radical (unpaired) electrons. The number of nitrogens with zero attached hydrogens (tertiary/aromatic N) is 2. The number of hydrogen-bond acceptors (Lipinski definition) is 5. The molecule has 0 saturated heterocycles. The Balaban J connectivity index is 0.00000392. The van der Waals surface area contributed by atoms with Gasteiger partial charge in [0.2, 0.25) is 0 Å². The van der Waals surface area contributed by atoms with Crippen molar-refractivity contribution in [3.63, 3.8) is 0 Å². The third-order valence-electron chi connectivity index (χ3n) is 3.93. The van der Waals surface area contributed by atoms with Crippen LogP contribution in [-0.2, 0) is 6.42 Å². The minimum atomic E-state index is -0.411. The summed E-state index contributed by atoms with van der Waals surface area (Å²) < 4.78 is 5.35. The summed E-state index contributed by atoms with van der Waals surface area (Å²) in [4.78, 5) is 14.4. The second-order valence-electron chi connectivity index (χ2n) is 5.72. The fourth-order valence-corrected chi connectivity index (χ4v) is 2.53. The molecular weight excluding hydrogens is 473 g/mol. The first kappa shape index (κ1) is 23.5. The van der Waals surface area contributed by atoms with Gasteiger partial charge in [-0.3, -0.25) is 15.1 Å². The fourth-order valence-electron chi connectivity index (χ4n) is 2.53. The van der Waals surface area contributed by atoms with Gasteiger partial charge in [0.25, 0.3) is 5.69 Å². The van der Waals surface area contributed by atoms with E-state index in [0.717, 1.165) is 35.9 Å². The average Bonchev–Trinajstić information content (AvgIpc) is 2.70. The number of aliphatic imine (C=N–C) groups is 1. The quantitative estimate of drug-likeness (QED) is 0.123. The molecule has 0 saturated carbocycles. The van der Waals surface area contributed by atoms with Crippen LogP contribution in [0.1, 0.15) is 5.56 Å². The summed E-state index contributed by atoms with van der Waals surface area (Å²) in [6.45, 7) is 2.05. The number of ether oxygens (including phenoxy) is 1. The van der Waals surface area contributed by atoms with E-state index in [4.69, 9.17) is 4.74 Å². The standard InChI is InChI=1S/C19H25N5O3.HI/c1-20-19(22-12-11-15-5-3-4-6-18(15)27-2)23-14-13-21-16-7-9-17(10-8-16)24(25)26;/h3-10,21H,11-14H2,1-2H3,(H2,20,22,23);1H. The maximum atomic E-state index is 10.6. The summed E-state index contributed by atoms with van der Waals surface area (Å²) in [6.07, 6.45) is 0.825. The lowest BCUT2D eigenvalue weighted by molar-refractivity contribution is -0.384. The number of guanidine groups is 1. The van der Waals surface area contributed by atoms with Gasteiger partial charge in [0.1, 0.15) is 5.75 Å². The first-order chi connectivity index (χ1) is 13.1. The molecular formula is C19H26IN5O3. The molecule has 0 aromatic heterocycles. The Morgan fingerprint density at radius 3 is 2.39 bits per heavy atom. The molecule has 0 heterocycles. The molecule has 0 fully saturated rings. The number of hydrogen-bond donors (Lipinski definition) is 3. The number of anilines is 1. The Morgan fingerprint density at radius 2 is 1.75 bits per heavy atom. The van der Waals surface area contributed by atoms with E-state index in [1.54, 1.807) is 26.3 Å². The molecule has 9 heteroatoms. The molecule has 0 aliphatic carbocycles. The van der Waals surface area contributed by atoms with Crippen molar-refractivity contribution in [3.8, 4) is 5.75 Å². The van der Waals surface area contributed by atoms with Crippen molar-refractivity contribution < 1.29 is 9.66 Å². The van der Waals surface area contributed by atoms with Gasteiger partial charge in [-0.1, -0.05) is 18.2 Å². The first-order valence-corrected chi connectivity index (χ1v) is 8.68. The van der Waals surface area contributed by atoms with Crippen molar-refractivity contribution >= 4 is 41.3 Å². The summed E-state index contributed by atoms with van der Waals surface area (Å²) in [5.41, 5.74) is 2.06. The molecule has 0 amide bonds. The molecule has 0 spiro atoms. The highest BCUT2D eigenvalue weighted by Crippen LogP contribution is 2.17. The van der Waals surface area contributed by atoms with Crippen LogP contribution in [0.5, 0.6) is 5.75 Å². The third-order valence-corrected chi connectivity index (χ3v) is 3.93. The Hall–Kier alpha value is -2.56. The van der Waals surface area contributed by atoms with Crippen molar-refractivity contribution in [2.45, 2.75) is 6.42 Å². The molecule has 8 nitrogen and oxygen atoms in total. The van der Waals surface area contributed by atoms with Crippen molar-refractivity contribution in [2.75, 3.05) is 39.1 Å². The molecule has 28 heavy (non-hydrogen) atoms. The maximum Gasteiger partial charge on any atom is 0.269 e. The maximum absolute atomic E-state index is 10.6. The van der Waals surface area contributed by atoms with Crippen molar-refractivity contribution in [2.24, 2.45) is 4.99 Å². The lowest BCUT2D eigenvalue weighted by Crippen LogP contribution is -2.40. The number of non-ortho nitro benzene ring substituents is 1. The highest BCUT2D eigenvalue weighted by Gasteiger charge is 2.04. The van der Waals surface area contributed by atoms with E-state index in [1.807, 2.05) is 24.3 Å². The molecule has 3 N–H and O–H groups in total. The van der Waals surface area contributed by atoms with Gasteiger partial charge < -0.3 is 20.7 Å². The van der Waals surface area contributed by atoms with Crippen LogP contribution >= 0.6 is 24.0 Å². The molecule has 2 aromatic carbocycles. The topological polar surface area (TPSA) is 101 Å². The highest BCUT2D eigenvalue weighted by molar-refractivity contribution is 14.0. The summed E-state index contributed by atoms with van der Waals surface area (Å²) in [5, 5.41) is 20.3. The van der Waals surface area contributed by atoms with Crippen LogP contribution < -0.4 is 20.7 Å². The minimum absolute atomic E-state index is 0. The monoisotopic (exact) mass is 499 g/mol. The van der Waals surface area contributed by atoms with Crippen LogP contribution in [0.4, 0.5) is 11.4 Å². The Bertz CT molecular complexity index is 768. The Morgan fingerprint density at radius 1 is 1.07 bits per heavy atom. The molecule has 0 aliphatic heterocycles. The molecule has 0 aliphatic rings. The van der Waals surface area contributed by atoms with Crippen molar-refractivity contribution in [1.82, 2.24) is 10.6 Å². The number of benzene rings is 2. The van der Waals surface area contributed by atoms with Crippen LogP contribution in [0.2, 0.25) is 0 Å². The van der Waals surface area contributed by atoms with Gasteiger partial charge in [-0.25, -0.2) is 0 Å². The van der Waals surface area contributed by atoms with E-state index in [2.05, 4.69) is 20.9 Å². The van der Waals surface area contributed by atoms with Crippen LogP contribution in [0.3, 0.4) is 0 Å². The second kappa shape index (κ2) is 12.8. The first-order valence-electron chi connectivity index (χ1n) is 8.68. The second-order valence-corrected chi connectivity index (χ2v) is 5.72. The van der Waals surface area contributed by atoms with E-state index in [-0.39, 0.29) is 29.7 Å². The smallest absolute Gasteiger partial charge is 0.269 e. The van der Waals surface area contributed by atoms with Crippen molar-refractivity contribution in [1.29, 1.82) is 0 Å². The van der Waals surface area contributed by atoms with Crippen LogP contribution in [-0.4, -0.2) is 44.7 Å². The van der Waals surface area contributed by atoms with Gasteiger partial charge in [0.05, 0.1) is 12.0 Å². The average molecular weight is 499 g/mol. The van der Waals surface area contributed by atoms with Crippen LogP contribution in [0, 0.1) is 10.1 Å². The van der Waals surface area contributed by atoms with E-state index in [0.29, 0.717) is 13.1 Å². The SMILES string of the molecule is CN=C(NCCNc1ccc([N+](=O)[O-])cc1)NCCc1ccccc1OC.I. The van der Waals surface area contributed by atoms with Crippen molar-refractivity contribution in [3.05, 3.63) is 64.2 Å². The highest BCUT2D eigenvalue weighted by atomic mass is 127. The van der Waals surface area contributed by atoms with Gasteiger partial charge in [0.15, 0.2) is 5.96 Å². The minimum Gasteiger partial charge on any atom is -0.496 e. The van der Waals surface area contributed by atoms with Gasteiger partial charge in [-0.2, -0.15) is 0 Å². The van der Waals surface area contributed by atoms with E-state index < -0.39 is 4.92 Å². The molecule has 0 atom stereocenters. The predicted octanol–water partition coefficient (Wildman–Crippen LogP) is 3.04. The predicted molar refractivity (Wildman–Crippen MR) is 123 cm³/mol. The number of methoxy groups -OCH3 is 1. The summed E-state index contributed by atoms with van der Waals surface area (Å²) in [6, 6.07) is 14.3.